The van der Waals surface area contributed by atoms with Gasteiger partial charge in [-0.3, -0.25) is 28.9 Å². The molecule has 2 atom stereocenters. The summed E-state index contributed by atoms with van der Waals surface area (Å²) in [4.78, 5) is 98.8. The van der Waals surface area contributed by atoms with Gasteiger partial charge in [0.15, 0.2) is 5.40 Å². The molecule has 10 N–H and O–H groups in total. The zero-order chi connectivity index (χ0) is 32.3. The van der Waals surface area contributed by atoms with Gasteiger partial charge < -0.3 is 50.5 Å². The number of fused-ring (bicyclic) bond motifs is 1. The zero-order valence-electron chi connectivity index (χ0n) is 22.0. The lowest BCUT2D eigenvalue weighted by atomic mass is 9.98. The highest BCUT2D eigenvalue weighted by Crippen LogP contribution is 2.61. The number of methoxy groups -OCH3 is 1. The molecule has 19 nitrogen and oxygen atoms in total. The number of primary amides is 1. The van der Waals surface area contributed by atoms with Crippen molar-refractivity contribution >= 4 is 73.2 Å². The number of rotatable bonds is 13. The largest absolute Gasteiger partial charge is 0.477 e. The summed E-state index contributed by atoms with van der Waals surface area (Å²) in [5.74, 6) is -2.95. The molecule has 0 saturated carbocycles. The summed E-state index contributed by atoms with van der Waals surface area (Å²) in [5.41, 5.74) is 2.77. The van der Waals surface area contributed by atoms with Crippen LogP contribution in [0, 0.1) is 0 Å². The van der Waals surface area contributed by atoms with Crippen LogP contribution in [-0.2, 0) is 39.4 Å². The topological polar surface area (TPSA) is 304 Å². The summed E-state index contributed by atoms with van der Waals surface area (Å²) in [6.07, 6.45) is -2.09. The number of nitrogens with two attached hydrogens (primary N) is 1. The van der Waals surface area contributed by atoms with Gasteiger partial charge in [-0.1, -0.05) is 0 Å². The van der Waals surface area contributed by atoms with Gasteiger partial charge in [-0.25, -0.2) is 14.4 Å². The number of amides is 5. The number of nitrogens with zero attached hydrogens (tertiary/aromatic N) is 1. The molecule has 3 heterocycles. The van der Waals surface area contributed by atoms with E-state index in [-0.39, 0.29) is 22.7 Å². The molecule has 0 bridgehead atoms. The lowest BCUT2D eigenvalue weighted by Crippen LogP contribution is -2.80. The average molecular weight is 688 g/mol. The van der Waals surface area contributed by atoms with Crippen LogP contribution in [0.15, 0.2) is 23.4 Å². The third-order valence-corrected chi connectivity index (χ3v) is 12.3. The first-order chi connectivity index (χ1) is 19.9. The number of urea groups is 1. The number of ether oxygens (including phenoxy) is 2. The summed E-state index contributed by atoms with van der Waals surface area (Å²) in [6.45, 7) is -0.907. The van der Waals surface area contributed by atoms with Crippen molar-refractivity contribution in [2.24, 2.45) is 5.73 Å². The Labute approximate surface area is 250 Å². The van der Waals surface area contributed by atoms with Gasteiger partial charge >= 0.3 is 33.3 Å². The molecule has 5 amide bonds. The summed E-state index contributed by atoms with van der Waals surface area (Å²) >= 11 is 2.05. The SMILES string of the molecule is CO[C@@]1(NC(=O)Cc2ccc(NC(=O)NCCC(P(=O)(O)O)P(=O)(O)O)s2)C(=O)N2C(C(=O)O)=C(COC(N)=O)CS[C@H]21. The van der Waals surface area contributed by atoms with Crippen molar-refractivity contribution < 1.29 is 67.3 Å². The standard InChI is InChI=1S/C20H27N5O14P2S2/c1-38-20(16(29)25-14(15(27)28)9(7-39-18(21)30)8-42-17(20)25)24-11(26)6-10-2-3-12(43-10)23-19(31)22-5-4-13(40(32,33)34)41(35,36)37/h2-3,13,17H,4-8H2,1H3,(H2,21,30)(H,24,26)(H,27,28)(H2,22,23,31)(H2,32,33,34)(H2,35,36,37)/t17-,20-/m0/s1. The van der Waals surface area contributed by atoms with Gasteiger partial charge in [-0.15, -0.1) is 23.1 Å². The summed E-state index contributed by atoms with van der Waals surface area (Å²) in [5, 5.41) is 13.8. The second-order valence-corrected chi connectivity index (χ2v) is 15.2. The number of carbonyl (C=O) groups is 5. The van der Waals surface area contributed by atoms with Crippen LogP contribution in [0.2, 0.25) is 0 Å². The fourth-order valence-electron chi connectivity index (χ4n) is 4.17. The molecule has 43 heavy (non-hydrogen) atoms. The highest BCUT2D eigenvalue weighted by atomic mass is 32.2. The van der Waals surface area contributed by atoms with Gasteiger partial charge in [0.05, 0.1) is 11.4 Å². The van der Waals surface area contributed by atoms with E-state index in [0.29, 0.717) is 4.88 Å². The van der Waals surface area contributed by atoms with Gasteiger partial charge in [-0.2, -0.15) is 0 Å². The Kier molecular flexibility index (Phi) is 10.7. The van der Waals surface area contributed by atoms with Crippen LogP contribution in [0.25, 0.3) is 0 Å². The summed E-state index contributed by atoms with van der Waals surface area (Å²) < 4.78 is 32.7. The molecular weight excluding hydrogens is 660 g/mol. The summed E-state index contributed by atoms with van der Waals surface area (Å²) in [6, 6.07) is 2.10. The van der Waals surface area contributed by atoms with Gasteiger partial charge in [-0.05, 0) is 18.6 Å². The van der Waals surface area contributed by atoms with Crippen LogP contribution in [0.1, 0.15) is 11.3 Å². The first kappa shape index (κ1) is 34.5. The number of carboxylic acid groups (broad SMARTS) is 1. The summed E-state index contributed by atoms with van der Waals surface area (Å²) in [7, 11) is -9.10. The number of hydrogen-bond acceptors (Lipinski definition) is 11. The fraction of sp³-hybridized carbons (Fsp3) is 0.450. The van der Waals surface area contributed by atoms with Gasteiger partial charge in [0.2, 0.25) is 5.91 Å². The highest BCUT2D eigenvalue weighted by molar-refractivity contribution is 8.00. The van der Waals surface area contributed by atoms with Crippen molar-refractivity contribution in [3.63, 3.8) is 0 Å². The molecule has 0 aromatic carbocycles. The molecule has 1 fully saturated rings. The quantitative estimate of drug-likeness (QED) is 0.0703. The lowest BCUT2D eigenvalue weighted by molar-refractivity contribution is -0.192. The molecule has 1 aromatic rings. The molecule has 2 aliphatic heterocycles. The number of carbonyl (C=O) groups excluding carboxylic acids is 4. The number of carboxylic acids is 1. The highest BCUT2D eigenvalue weighted by Gasteiger charge is 2.66. The predicted molar refractivity (Wildman–Crippen MR) is 149 cm³/mol. The fourth-order valence-corrected chi connectivity index (χ4v) is 8.99. The number of aliphatic carboxylic acids is 1. The molecule has 23 heteroatoms. The van der Waals surface area contributed by atoms with E-state index in [9.17, 15) is 38.2 Å². The zero-order valence-corrected chi connectivity index (χ0v) is 25.4. The molecule has 0 spiro atoms. The minimum Gasteiger partial charge on any atom is -0.477 e. The Morgan fingerprint density at radius 1 is 1.19 bits per heavy atom. The van der Waals surface area contributed by atoms with Crippen LogP contribution in [-0.4, -0.2) is 102 Å². The van der Waals surface area contributed by atoms with Crippen LogP contribution >= 0.6 is 38.3 Å². The van der Waals surface area contributed by atoms with E-state index in [1.807, 2.05) is 0 Å². The molecule has 0 unspecified atom stereocenters. The number of hydrogen-bond donors (Lipinski definition) is 9. The van der Waals surface area contributed by atoms with Crippen LogP contribution < -0.4 is 21.7 Å². The number of nitrogens with one attached hydrogen (secondary N) is 3. The van der Waals surface area contributed by atoms with E-state index in [0.717, 1.165) is 28.0 Å². The third-order valence-electron chi connectivity index (χ3n) is 6.05. The first-order valence-electron chi connectivity index (χ1n) is 11.8. The van der Waals surface area contributed by atoms with E-state index < -0.39 is 86.9 Å². The van der Waals surface area contributed by atoms with Gasteiger partial charge in [0, 0.05) is 29.9 Å². The second-order valence-electron chi connectivity index (χ2n) is 8.96. The van der Waals surface area contributed by atoms with Crippen molar-refractivity contribution in [1.29, 1.82) is 0 Å². The van der Waals surface area contributed by atoms with Gasteiger partial charge in [0.25, 0.3) is 11.6 Å². The molecule has 1 saturated heterocycles. The minimum absolute atomic E-state index is 0.0334. The number of anilines is 1. The predicted octanol–water partition coefficient (Wildman–Crippen LogP) is -0.708. The maximum atomic E-state index is 13.1. The van der Waals surface area contributed by atoms with Crippen LogP contribution in [0.3, 0.4) is 0 Å². The van der Waals surface area contributed by atoms with Crippen molar-refractivity contribution in [3.05, 3.63) is 28.3 Å². The molecular formula is C20H27N5O14P2S2. The molecule has 3 rings (SSSR count). The molecule has 1 aromatic heterocycles. The first-order valence-corrected chi connectivity index (χ1v) is 17.1. The Morgan fingerprint density at radius 2 is 1.84 bits per heavy atom. The van der Waals surface area contributed by atoms with E-state index in [2.05, 4.69) is 20.7 Å². The van der Waals surface area contributed by atoms with Crippen molar-refractivity contribution in [2.45, 2.75) is 29.3 Å². The van der Waals surface area contributed by atoms with Gasteiger partial charge in [0.1, 0.15) is 17.7 Å². The van der Waals surface area contributed by atoms with E-state index in [1.165, 1.54) is 19.2 Å². The van der Waals surface area contributed by atoms with E-state index in [4.69, 9.17) is 30.0 Å². The van der Waals surface area contributed by atoms with Crippen molar-refractivity contribution in [3.8, 4) is 0 Å². The Hall–Kier alpha value is -3.00. The lowest BCUT2D eigenvalue weighted by Gasteiger charge is -2.55. The van der Waals surface area contributed by atoms with E-state index >= 15 is 0 Å². The van der Waals surface area contributed by atoms with Crippen molar-refractivity contribution in [1.82, 2.24) is 15.5 Å². The van der Waals surface area contributed by atoms with Crippen LogP contribution in [0.5, 0.6) is 0 Å². The Balaban J connectivity index is 1.58. The minimum atomic E-state index is -5.13. The Bertz CT molecular complexity index is 1420. The maximum absolute atomic E-state index is 13.1. The second kappa shape index (κ2) is 13.3. The molecule has 0 radical (unpaired) electrons. The monoisotopic (exact) mass is 687 g/mol. The number of thioether (sulfide) groups is 1. The molecule has 238 valence electrons. The third kappa shape index (κ3) is 7.94. The number of β-lactam (4-membered cyclic amide) rings is 1. The number of thiophene rings is 1. The Morgan fingerprint density at radius 3 is 2.40 bits per heavy atom. The smallest absolute Gasteiger partial charge is 0.404 e. The molecule has 2 aliphatic rings. The maximum Gasteiger partial charge on any atom is 0.404 e. The van der Waals surface area contributed by atoms with Crippen molar-refractivity contribution in [2.75, 3.05) is 31.3 Å². The van der Waals surface area contributed by atoms with E-state index in [1.54, 1.807) is 0 Å². The van der Waals surface area contributed by atoms with Crippen LogP contribution in [0.4, 0.5) is 14.6 Å². The normalized spacial score (nSPS) is 20.3. The average Bonchev–Trinajstić information content (AvgIpc) is 3.32. The molecule has 0 aliphatic carbocycles.